The number of nitrogens with zero attached hydrogens (tertiary/aromatic N) is 1. The third kappa shape index (κ3) is 5.33. The number of carbonyl (C=O) groups excluding carboxylic acids is 3. The van der Waals surface area contributed by atoms with Crippen molar-refractivity contribution < 1.29 is 18.8 Å². The van der Waals surface area contributed by atoms with Crippen molar-refractivity contribution in [1.82, 2.24) is 15.5 Å². The molecule has 1 aliphatic heterocycles. The zero-order valence-corrected chi connectivity index (χ0v) is 18.1. The molecule has 1 saturated carbocycles. The van der Waals surface area contributed by atoms with E-state index in [2.05, 4.69) is 10.6 Å². The Kier molecular flexibility index (Phi) is 6.53. The number of hydrogen-bond acceptors (Lipinski definition) is 3. The van der Waals surface area contributed by atoms with Crippen molar-refractivity contribution in [3.63, 3.8) is 0 Å². The summed E-state index contributed by atoms with van der Waals surface area (Å²) in [5.74, 6) is -1.03. The molecule has 2 N–H and O–H groups in total. The van der Waals surface area contributed by atoms with Crippen molar-refractivity contribution in [2.75, 3.05) is 13.1 Å². The third-order valence-corrected chi connectivity index (χ3v) is 6.20. The number of amides is 3. The van der Waals surface area contributed by atoms with Gasteiger partial charge in [0.1, 0.15) is 11.9 Å². The van der Waals surface area contributed by atoms with E-state index < -0.39 is 6.04 Å². The van der Waals surface area contributed by atoms with Crippen molar-refractivity contribution in [1.29, 1.82) is 0 Å². The number of hydrogen-bond donors (Lipinski definition) is 2. The van der Waals surface area contributed by atoms with E-state index in [9.17, 15) is 18.8 Å². The van der Waals surface area contributed by atoms with E-state index in [4.69, 9.17) is 0 Å². The molecule has 2 fully saturated rings. The maximum Gasteiger partial charge on any atom is 0.253 e. The monoisotopic (exact) mass is 437 g/mol. The quantitative estimate of drug-likeness (QED) is 0.729. The zero-order valence-electron chi connectivity index (χ0n) is 18.1. The molecule has 1 aliphatic carbocycles. The molecule has 0 bridgehead atoms. The minimum absolute atomic E-state index is 0.0691. The van der Waals surface area contributed by atoms with Crippen molar-refractivity contribution in [2.45, 2.75) is 44.7 Å². The number of piperidine rings is 1. The molecule has 6 nitrogen and oxygen atoms in total. The van der Waals surface area contributed by atoms with Crippen LogP contribution >= 0.6 is 0 Å². The van der Waals surface area contributed by atoms with Crippen LogP contribution in [0.15, 0.2) is 48.5 Å². The maximum atomic E-state index is 13.2. The lowest BCUT2D eigenvalue weighted by atomic mass is 9.88. The Labute approximate surface area is 187 Å². The average Bonchev–Trinajstić information content (AvgIpc) is 3.62. The number of aryl methyl sites for hydroxylation is 1. The van der Waals surface area contributed by atoms with Crippen LogP contribution in [0.2, 0.25) is 0 Å². The summed E-state index contributed by atoms with van der Waals surface area (Å²) in [6.07, 6.45) is 3.14. The topological polar surface area (TPSA) is 78.5 Å². The molecule has 1 heterocycles. The van der Waals surface area contributed by atoms with Crippen molar-refractivity contribution in [3.05, 3.63) is 71.0 Å². The Morgan fingerprint density at radius 2 is 1.50 bits per heavy atom. The largest absolute Gasteiger partial charge is 0.352 e. The number of halogens is 1. The Morgan fingerprint density at radius 1 is 0.906 bits per heavy atom. The molecular weight excluding hydrogens is 409 g/mol. The summed E-state index contributed by atoms with van der Waals surface area (Å²) >= 11 is 0. The second kappa shape index (κ2) is 9.51. The highest BCUT2D eigenvalue weighted by Crippen LogP contribution is 2.25. The summed E-state index contributed by atoms with van der Waals surface area (Å²) < 4.78 is 13.2. The molecule has 0 spiro atoms. The summed E-state index contributed by atoms with van der Waals surface area (Å²) in [6, 6.07) is 12.3. The first-order chi connectivity index (χ1) is 15.4. The maximum absolute atomic E-state index is 13.2. The van der Waals surface area contributed by atoms with Gasteiger partial charge in [-0.1, -0.05) is 17.7 Å². The fourth-order valence-electron chi connectivity index (χ4n) is 4.06. The number of benzene rings is 2. The molecule has 2 aliphatic rings. The number of carbonyl (C=O) groups is 3. The van der Waals surface area contributed by atoms with Crippen LogP contribution in [0.25, 0.3) is 0 Å². The van der Waals surface area contributed by atoms with Gasteiger partial charge >= 0.3 is 0 Å². The highest BCUT2D eigenvalue weighted by molar-refractivity contribution is 5.98. The number of likely N-dealkylation sites (tertiary alicyclic amines) is 1. The molecule has 0 radical (unpaired) electrons. The molecule has 0 aromatic heterocycles. The van der Waals surface area contributed by atoms with Crippen LogP contribution in [0.1, 0.15) is 52.0 Å². The molecule has 168 valence electrons. The first kappa shape index (κ1) is 22.0. The molecule has 4 rings (SSSR count). The smallest absolute Gasteiger partial charge is 0.253 e. The van der Waals surface area contributed by atoms with Crippen LogP contribution in [0, 0.1) is 18.7 Å². The average molecular weight is 438 g/mol. The second-order valence-electron chi connectivity index (χ2n) is 8.74. The number of rotatable bonds is 6. The molecule has 2 aromatic carbocycles. The van der Waals surface area contributed by atoms with Gasteiger partial charge in [0.15, 0.2) is 0 Å². The van der Waals surface area contributed by atoms with Gasteiger partial charge in [-0.25, -0.2) is 4.39 Å². The van der Waals surface area contributed by atoms with E-state index in [1.54, 1.807) is 17.0 Å². The van der Waals surface area contributed by atoms with Crippen LogP contribution in [0.4, 0.5) is 4.39 Å². The predicted octanol–water partition coefficient (Wildman–Crippen LogP) is 3.06. The summed E-state index contributed by atoms with van der Waals surface area (Å²) in [5.41, 5.74) is 2.02. The normalized spacial score (nSPS) is 17.5. The molecule has 32 heavy (non-hydrogen) atoms. The van der Waals surface area contributed by atoms with Crippen molar-refractivity contribution in [3.8, 4) is 0 Å². The van der Waals surface area contributed by atoms with Gasteiger partial charge in [0.05, 0.1) is 0 Å². The van der Waals surface area contributed by atoms with Crippen molar-refractivity contribution in [2.24, 2.45) is 5.92 Å². The summed E-state index contributed by atoms with van der Waals surface area (Å²) in [6.45, 7) is 2.91. The van der Waals surface area contributed by atoms with Crippen LogP contribution in [-0.2, 0) is 4.79 Å². The highest BCUT2D eigenvalue weighted by Gasteiger charge is 2.36. The minimum atomic E-state index is -0.646. The van der Waals surface area contributed by atoms with E-state index in [1.165, 1.54) is 24.3 Å². The Morgan fingerprint density at radius 3 is 2.09 bits per heavy atom. The van der Waals surface area contributed by atoms with Gasteiger partial charge in [-0.3, -0.25) is 14.4 Å². The lowest BCUT2D eigenvalue weighted by Crippen LogP contribution is -2.54. The zero-order chi connectivity index (χ0) is 22.7. The minimum Gasteiger partial charge on any atom is -0.352 e. The van der Waals surface area contributed by atoms with E-state index in [1.807, 2.05) is 19.1 Å². The van der Waals surface area contributed by atoms with Crippen LogP contribution in [0.3, 0.4) is 0 Å². The van der Waals surface area contributed by atoms with Gasteiger partial charge in [-0.15, -0.1) is 0 Å². The van der Waals surface area contributed by atoms with Gasteiger partial charge in [-0.2, -0.15) is 0 Å². The molecule has 2 aromatic rings. The SMILES string of the molecule is Cc1ccc(C(=O)NC(C(=O)NC2CC2)C2CCN(C(=O)c3ccc(F)cc3)CC2)cc1. The molecule has 1 unspecified atom stereocenters. The lowest BCUT2D eigenvalue weighted by Gasteiger charge is -2.36. The Bertz CT molecular complexity index is 978. The first-order valence-corrected chi connectivity index (χ1v) is 11.1. The van der Waals surface area contributed by atoms with E-state index >= 15 is 0 Å². The van der Waals surface area contributed by atoms with E-state index in [0.29, 0.717) is 37.1 Å². The molecule has 7 heteroatoms. The van der Waals surface area contributed by atoms with Crippen LogP contribution in [-0.4, -0.2) is 47.8 Å². The molecular formula is C25H28FN3O3. The van der Waals surface area contributed by atoms with Crippen LogP contribution < -0.4 is 10.6 Å². The molecule has 1 atom stereocenters. The predicted molar refractivity (Wildman–Crippen MR) is 119 cm³/mol. The van der Waals surface area contributed by atoms with Crippen LogP contribution in [0.5, 0.6) is 0 Å². The fraction of sp³-hybridized carbons (Fsp3) is 0.400. The van der Waals surface area contributed by atoms with E-state index in [0.717, 1.165) is 18.4 Å². The first-order valence-electron chi connectivity index (χ1n) is 11.1. The lowest BCUT2D eigenvalue weighted by molar-refractivity contribution is -0.124. The van der Waals surface area contributed by atoms with Gasteiger partial charge in [0.2, 0.25) is 5.91 Å². The summed E-state index contributed by atoms with van der Waals surface area (Å²) in [7, 11) is 0. The summed E-state index contributed by atoms with van der Waals surface area (Å²) in [5, 5.41) is 5.95. The highest BCUT2D eigenvalue weighted by atomic mass is 19.1. The third-order valence-electron chi connectivity index (χ3n) is 6.20. The fourth-order valence-corrected chi connectivity index (χ4v) is 4.06. The summed E-state index contributed by atoms with van der Waals surface area (Å²) in [4.78, 5) is 40.2. The van der Waals surface area contributed by atoms with Gasteiger partial charge in [0, 0.05) is 30.3 Å². The van der Waals surface area contributed by atoms with Gasteiger partial charge < -0.3 is 15.5 Å². The Hall–Kier alpha value is -3.22. The molecule has 1 saturated heterocycles. The van der Waals surface area contributed by atoms with Crippen molar-refractivity contribution >= 4 is 17.7 Å². The molecule has 3 amide bonds. The van der Waals surface area contributed by atoms with E-state index in [-0.39, 0.29) is 35.5 Å². The second-order valence-corrected chi connectivity index (χ2v) is 8.74. The standard InChI is InChI=1S/C25H28FN3O3/c1-16-2-4-18(5-3-16)23(30)28-22(24(31)27-21-10-11-21)17-12-14-29(15-13-17)25(32)19-6-8-20(26)9-7-19/h2-9,17,21-22H,10-15H2,1H3,(H,27,31)(H,28,30). The van der Waals surface area contributed by atoms with Gasteiger partial charge in [-0.05, 0) is 74.9 Å². The number of nitrogens with one attached hydrogen (secondary N) is 2. The Balaban J connectivity index is 1.41. The van der Waals surface area contributed by atoms with Gasteiger partial charge in [0.25, 0.3) is 11.8 Å².